The summed E-state index contributed by atoms with van der Waals surface area (Å²) in [5.41, 5.74) is -0.244. The number of carboxylic acids is 2. The van der Waals surface area contributed by atoms with E-state index in [0.717, 1.165) is 12.1 Å². The molecule has 0 aliphatic heterocycles. The van der Waals surface area contributed by atoms with Gasteiger partial charge in [-0.2, -0.15) is 9.98 Å². The van der Waals surface area contributed by atoms with Crippen LogP contribution in [0, 0.1) is 11.3 Å². The van der Waals surface area contributed by atoms with Crippen LogP contribution in [0.2, 0.25) is 5.02 Å². The van der Waals surface area contributed by atoms with E-state index in [9.17, 15) is 18.0 Å². The summed E-state index contributed by atoms with van der Waals surface area (Å²) in [6, 6.07) is 3.20. The van der Waals surface area contributed by atoms with E-state index in [-0.39, 0.29) is 10.6 Å². The van der Waals surface area contributed by atoms with Crippen molar-refractivity contribution in [1.82, 2.24) is 4.72 Å². The predicted octanol–water partition coefficient (Wildman–Crippen LogP) is 0.418. The van der Waals surface area contributed by atoms with E-state index < -0.39 is 39.3 Å². The minimum absolute atomic E-state index is 0.0273. The first-order valence-electron chi connectivity index (χ1n) is 5.34. The number of carbonyl (C=O) groups is 2. The van der Waals surface area contributed by atoms with Gasteiger partial charge in [-0.15, -0.1) is 0 Å². The zero-order valence-electron chi connectivity index (χ0n) is 10.3. The Bertz CT molecular complexity index is 725. The molecule has 0 aliphatic rings. The maximum Gasteiger partial charge on any atom is 0.322 e. The van der Waals surface area contributed by atoms with Crippen molar-refractivity contribution in [3.8, 4) is 6.07 Å². The molecule has 8 nitrogen and oxygen atoms in total. The lowest BCUT2D eigenvalue weighted by atomic mass is 10.2. The van der Waals surface area contributed by atoms with E-state index in [1.54, 1.807) is 10.8 Å². The number of hydrogen-bond acceptors (Lipinski definition) is 5. The minimum atomic E-state index is -4.42. The van der Waals surface area contributed by atoms with Crippen LogP contribution in [0.25, 0.3) is 0 Å². The number of nitrogens with zero attached hydrogens (tertiary/aromatic N) is 1. The van der Waals surface area contributed by atoms with E-state index >= 15 is 0 Å². The first-order chi connectivity index (χ1) is 9.67. The fourth-order valence-electron chi connectivity index (χ4n) is 1.42. The molecular formula is C11H9ClN2O6S. The maximum absolute atomic E-state index is 12.1. The predicted molar refractivity (Wildman–Crippen MR) is 70.2 cm³/mol. The van der Waals surface area contributed by atoms with E-state index in [2.05, 4.69) is 0 Å². The summed E-state index contributed by atoms with van der Waals surface area (Å²) in [4.78, 5) is 20.9. The van der Waals surface area contributed by atoms with Crippen molar-refractivity contribution in [2.24, 2.45) is 0 Å². The number of hydrogen-bond donors (Lipinski definition) is 3. The molecule has 0 saturated carbocycles. The smallest absolute Gasteiger partial charge is 0.322 e. The van der Waals surface area contributed by atoms with Crippen LogP contribution in [0.5, 0.6) is 0 Å². The zero-order chi connectivity index (χ0) is 16.2. The van der Waals surface area contributed by atoms with Crippen LogP contribution in [0.15, 0.2) is 23.1 Å². The van der Waals surface area contributed by atoms with E-state index in [1.165, 1.54) is 6.07 Å². The first-order valence-corrected chi connectivity index (χ1v) is 7.20. The fourth-order valence-corrected chi connectivity index (χ4v) is 3.02. The number of rotatable bonds is 6. The molecule has 1 aromatic carbocycles. The van der Waals surface area contributed by atoms with Gasteiger partial charge in [0, 0.05) is 5.02 Å². The van der Waals surface area contributed by atoms with Crippen molar-refractivity contribution < 1.29 is 28.2 Å². The first kappa shape index (κ1) is 16.9. The Morgan fingerprint density at radius 2 is 2.00 bits per heavy atom. The summed E-state index contributed by atoms with van der Waals surface area (Å²) in [6.45, 7) is 0. The summed E-state index contributed by atoms with van der Waals surface area (Å²) in [5, 5.41) is 26.3. The quantitative estimate of drug-likeness (QED) is 0.684. The number of sulfonamides is 1. The Kier molecular flexibility index (Phi) is 5.26. The third-order valence-corrected chi connectivity index (χ3v) is 4.07. The van der Waals surface area contributed by atoms with Gasteiger partial charge in [-0.05, 0) is 18.2 Å². The van der Waals surface area contributed by atoms with Gasteiger partial charge in [0.05, 0.1) is 12.0 Å². The largest absolute Gasteiger partial charge is 0.481 e. The molecule has 0 radical (unpaired) electrons. The van der Waals surface area contributed by atoms with Gasteiger partial charge in [-0.3, -0.25) is 9.59 Å². The number of aliphatic carboxylic acids is 2. The van der Waals surface area contributed by atoms with Crippen molar-refractivity contribution in [3.05, 3.63) is 28.8 Å². The maximum atomic E-state index is 12.1. The average Bonchev–Trinajstić information content (AvgIpc) is 2.37. The molecule has 1 atom stereocenters. The van der Waals surface area contributed by atoms with Gasteiger partial charge < -0.3 is 10.2 Å². The highest BCUT2D eigenvalue weighted by atomic mass is 35.5. The normalized spacial score (nSPS) is 12.4. The summed E-state index contributed by atoms with van der Waals surface area (Å²) in [7, 11) is -4.42. The molecule has 0 bridgehead atoms. The molecule has 112 valence electrons. The lowest BCUT2D eigenvalue weighted by molar-refractivity contribution is -0.145. The van der Waals surface area contributed by atoms with E-state index in [1.807, 2.05) is 0 Å². The topological polar surface area (TPSA) is 145 Å². The van der Waals surface area contributed by atoms with Crippen LogP contribution in [0.3, 0.4) is 0 Å². The Hall–Kier alpha value is -2.15. The molecule has 1 aromatic rings. The minimum Gasteiger partial charge on any atom is -0.481 e. The third kappa shape index (κ3) is 4.42. The third-order valence-electron chi connectivity index (χ3n) is 2.33. The van der Waals surface area contributed by atoms with Crippen molar-refractivity contribution >= 4 is 33.6 Å². The highest BCUT2D eigenvalue weighted by Crippen LogP contribution is 2.20. The molecule has 21 heavy (non-hydrogen) atoms. The molecule has 0 spiro atoms. The van der Waals surface area contributed by atoms with Gasteiger partial charge in [-0.1, -0.05) is 11.6 Å². The van der Waals surface area contributed by atoms with E-state index in [0.29, 0.717) is 0 Å². The van der Waals surface area contributed by atoms with Gasteiger partial charge in [-0.25, -0.2) is 8.42 Å². The molecule has 0 saturated heterocycles. The summed E-state index contributed by atoms with van der Waals surface area (Å²) in [5.74, 6) is -3.14. The van der Waals surface area contributed by atoms with Crippen LogP contribution in [-0.4, -0.2) is 36.6 Å². The van der Waals surface area contributed by atoms with Gasteiger partial charge in [0.25, 0.3) is 0 Å². The second kappa shape index (κ2) is 6.53. The van der Waals surface area contributed by atoms with Gasteiger partial charge in [0.2, 0.25) is 10.0 Å². The molecule has 0 amide bonds. The molecular weight excluding hydrogens is 324 g/mol. The van der Waals surface area contributed by atoms with Crippen LogP contribution in [0.1, 0.15) is 12.0 Å². The molecule has 0 heterocycles. The second-order valence-corrected chi connectivity index (χ2v) is 5.98. The molecule has 0 fully saturated rings. The monoisotopic (exact) mass is 332 g/mol. The second-order valence-electron chi connectivity index (χ2n) is 3.86. The average molecular weight is 333 g/mol. The number of carboxylic acid groups (broad SMARTS) is 2. The molecule has 10 heteroatoms. The molecule has 0 aliphatic carbocycles. The highest BCUT2D eigenvalue weighted by molar-refractivity contribution is 7.89. The lowest BCUT2D eigenvalue weighted by Gasteiger charge is -2.13. The van der Waals surface area contributed by atoms with Crippen molar-refractivity contribution in [1.29, 1.82) is 5.26 Å². The zero-order valence-corrected chi connectivity index (χ0v) is 11.8. The summed E-state index contributed by atoms with van der Waals surface area (Å²) in [6.07, 6.45) is -0.947. The van der Waals surface area contributed by atoms with Crippen LogP contribution in [-0.2, 0) is 19.6 Å². The Labute approximate surface area is 124 Å². The Balaban J connectivity index is 3.22. The number of nitriles is 1. The number of benzene rings is 1. The van der Waals surface area contributed by atoms with Gasteiger partial charge in [0.1, 0.15) is 17.0 Å². The summed E-state index contributed by atoms with van der Waals surface area (Å²) < 4.78 is 25.9. The van der Waals surface area contributed by atoms with Crippen LogP contribution in [0.4, 0.5) is 0 Å². The van der Waals surface area contributed by atoms with Crippen LogP contribution >= 0.6 is 11.6 Å². The van der Waals surface area contributed by atoms with Crippen molar-refractivity contribution in [2.45, 2.75) is 17.4 Å². The van der Waals surface area contributed by atoms with Gasteiger partial charge >= 0.3 is 11.9 Å². The summed E-state index contributed by atoms with van der Waals surface area (Å²) >= 11 is 5.65. The van der Waals surface area contributed by atoms with Crippen molar-refractivity contribution in [3.63, 3.8) is 0 Å². The van der Waals surface area contributed by atoms with E-state index in [4.69, 9.17) is 27.1 Å². The van der Waals surface area contributed by atoms with Crippen molar-refractivity contribution in [2.75, 3.05) is 0 Å². The molecule has 1 rings (SSSR count). The van der Waals surface area contributed by atoms with Crippen LogP contribution < -0.4 is 4.72 Å². The Morgan fingerprint density at radius 1 is 1.38 bits per heavy atom. The van der Waals surface area contributed by atoms with Gasteiger partial charge in [0.15, 0.2) is 0 Å². The lowest BCUT2D eigenvalue weighted by Crippen LogP contribution is -2.42. The SMILES string of the molecule is N#Cc1ccc(Cl)cc1S(=O)(=O)NC(CC(=O)O)C(=O)O. The number of halogens is 1. The molecule has 3 N–H and O–H groups in total. The fraction of sp³-hybridized carbons (Fsp3) is 0.182. The molecule has 1 unspecified atom stereocenters. The molecule has 0 aromatic heterocycles. The standard InChI is InChI=1S/C11H9ClN2O6S/c12-7-2-1-6(5-13)9(3-7)21(19,20)14-8(11(17)18)4-10(15)16/h1-3,8,14H,4H2,(H,15,16)(H,17,18). The Morgan fingerprint density at radius 3 is 2.48 bits per heavy atom. The number of nitrogens with one attached hydrogen (secondary N) is 1. The highest BCUT2D eigenvalue weighted by Gasteiger charge is 2.29.